The molecule has 0 spiro atoms. The minimum absolute atomic E-state index is 0.0629. The van der Waals surface area contributed by atoms with Gasteiger partial charge in [-0.25, -0.2) is 10.4 Å². The molecule has 0 radical (unpaired) electrons. The highest BCUT2D eigenvalue weighted by molar-refractivity contribution is 7.99. The lowest BCUT2D eigenvalue weighted by atomic mass is 10.2. The van der Waals surface area contributed by atoms with E-state index in [0.29, 0.717) is 5.16 Å². The molecule has 1 heterocycles. The quantitative estimate of drug-likeness (QED) is 0.306. The number of phenolic OH excluding ortho intramolecular Hbond substituents is 1. The molecule has 0 saturated carbocycles. The average Bonchev–Trinajstić information content (AvgIpc) is 3.00. The second kappa shape index (κ2) is 7.17. The van der Waals surface area contributed by atoms with Crippen molar-refractivity contribution in [2.45, 2.75) is 5.16 Å². The molecule has 2 aromatic rings. The van der Waals surface area contributed by atoms with Gasteiger partial charge in [0.15, 0.2) is 5.16 Å². The van der Waals surface area contributed by atoms with Crippen molar-refractivity contribution < 1.29 is 14.8 Å². The molecule has 22 heavy (non-hydrogen) atoms. The monoisotopic (exact) mass is 322 g/mol. The van der Waals surface area contributed by atoms with Gasteiger partial charge in [0.05, 0.1) is 16.9 Å². The van der Waals surface area contributed by atoms with Gasteiger partial charge in [-0.2, -0.15) is 10.2 Å². The fraction of sp³-hybridized carbons (Fsp3) is 0.0909. The molecule has 0 aliphatic heterocycles. The van der Waals surface area contributed by atoms with Crippen molar-refractivity contribution in [3.63, 3.8) is 0 Å². The van der Waals surface area contributed by atoms with Crippen molar-refractivity contribution in [1.29, 1.82) is 0 Å². The number of hydrogen-bond acceptors (Lipinski definition) is 8. The van der Waals surface area contributed by atoms with Crippen LogP contribution >= 0.6 is 11.8 Å². The van der Waals surface area contributed by atoms with E-state index in [-0.39, 0.29) is 22.8 Å². The van der Waals surface area contributed by atoms with Gasteiger partial charge in [-0.1, -0.05) is 11.8 Å². The van der Waals surface area contributed by atoms with Crippen LogP contribution in [0, 0.1) is 10.1 Å². The lowest BCUT2D eigenvalue weighted by Crippen LogP contribution is -2.19. The van der Waals surface area contributed by atoms with Crippen LogP contribution in [-0.2, 0) is 4.79 Å². The summed E-state index contributed by atoms with van der Waals surface area (Å²) in [7, 11) is 0. The highest BCUT2D eigenvalue weighted by atomic mass is 32.2. The number of nitrogens with one attached hydrogen (secondary N) is 2. The van der Waals surface area contributed by atoms with Gasteiger partial charge >= 0.3 is 0 Å². The molecule has 1 aromatic heterocycles. The standard InChI is InChI=1S/C11H10N6O4S/c18-9-2-1-8(17(20)21)3-7(9)4-13-15-10(19)5-22-11-12-6-14-16-11/h1-4,6,18H,5H2,(H,15,19)(H,12,14,16)/b13-4+. The highest BCUT2D eigenvalue weighted by Crippen LogP contribution is 2.21. The van der Waals surface area contributed by atoms with Crippen LogP contribution in [0.25, 0.3) is 0 Å². The number of carbonyl (C=O) groups excluding carboxylic acids is 1. The number of amides is 1. The number of rotatable bonds is 6. The van der Waals surface area contributed by atoms with Crippen LogP contribution in [0.15, 0.2) is 34.8 Å². The first-order valence-corrected chi connectivity index (χ1v) is 6.82. The predicted molar refractivity (Wildman–Crippen MR) is 77.6 cm³/mol. The summed E-state index contributed by atoms with van der Waals surface area (Å²) in [6.45, 7) is 0. The number of nitro benzene ring substituents is 1. The molecule has 3 N–H and O–H groups in total. The van der Waals surface area contributed by atoms with Crippen molar-refractivity contribution in [3.05, 3.63) is 40.2 Å². The Morgan fingerprint density at radius 3 is 3.09 bits per heavy atom. The van der Waals surface area contributed by atoms with E-state index in [2.05, 4.69) is 25.7 Å². The number of carbonyl (C=O) groups is 1. The molecule has 0 aliphatic carbocycles. The fourth-order valence-electron chi connectivity index (χ4n) is 1.36. The van der Waals surface area contributed by atoms with E-state index in [0.717, 1.165) is 24.0 Å². The van der Waals surface area contributed by atoms with Crippen LogP contribution in [0.1, 0.15) is 5.56 Å². The molecular formula is C11H10N6O4S. The van der Waals surface area contributed by atoms with Crippen LogP contribution in [-0.4, -0.2) is 43.1 Å². The maximum atomic E-state index is 11.5. The van der Waals surface area contributed by atoms with Crippen molar-refractivity contribution in [1.82, 2.24) is 20.6 Å². The largest absolute Gasteiger partial charge is 0.507 e. The van der Waals surface area contributed by atoms with Crippen molar-refractivity contribution in [3.8, 4) is 5.75 Å². The summed E-state index contributed by atoms with van der Waals surface area (Å²) in [5, 5.41) is 30.5. The molecule has 0 unspecified atom stereocenters. The molecular weight excluding hydrogens is 312 g/mol. The van der Waals surface area contributed by atoms with Crippen LogP contribution in [0.5, 0.6) is 5.75 Å². The summed E-state index contributed by atoms with van der Waals surface area (Å²) in [4.78, 5) is 25.4. The number of nitro groups is 1. The molecule has 0 fully saturated rings. The number of H-pyrrole nitrogens is 1. The van der Waals surface area contributed by atoms with E-state index in [4.69, 9.17) is 0 Å². The Hall–Kier alpha value is -2.95. The van der Waals surface area contributed by atoms with E-state index in [1.165, 1.54) is 18.5 Å². The van der Waals surface area contributed by atoms with Gasteiger partial charge in [0.25, 0.3) is 11.6 Å². The summed E-state index contributed by atoms with van der Waals surface area (Å²) in [5.41, 5.74) is 2.17. The molecule has 0 bridgehead atoms. The Balaban J connectivity index is 1.90. The van der Waals surface area contributed by atoms with Crippen LogP contribution in [0.3, 0.4) is 0 Å². The summed E-state index contributed by atoms with van der Waals surface area (Å²) < 4.78 is 0. The number of phenols is 1. The SMILES string of the molecule is O=C(CSc1ncn[nH]1)N/N=C/c1cc([N+](=O)[O-])ccc1O. The number of aromatic amines is 1. The smallest absolute Gasteiger partial charge is 0.270 e. The normalized spacial score (nSPS) is 10.7. The minimum atomic E-state index is -0.594. The van der Waals surface area contributed by atoms with E-state index in [1.54, 1.807) is 0 Å². The Labute approximate surface area is 127 Å². The number of hydrazone groups is 1. The molecule has 1 amide bonds. The van der Waals surface area contributed by atoms with Gasteiger partial charge in [0.1, 0.15) is 12.1 Å². The number of benzene rings is 1. The first kappa shape index (κ1) is 15.4. The van der Waals surface area contributed by atoms with Gasteiger partial charge in [0.2, 0.25) is 0 Å². The van der Waals surface area contributed by atoms with Gasteiger partial charge in [0, 0.05) is 17.7 Å². The molecule has 0 saturated heterocycles. The van der Waals surface area contributed by atoms with Crippen molar-refractivity contribution in [2.75, 3.05) is 5.75 Å². The molecule has 11 heteroatoms. The first-order valence-electron chi connectivity index (χ1n) is 5.83. The third kappa shape index (κ3) is 4.28. The second-order valence-corrected chi connectivity index (χ2v) is 4.84. The summed E-state index contributed by atoms with van der Waals surface area (Å²) in [5.74, 6) is -0.518. The first-order chi connectivity index (χ1) is 10.6. The number of non-ortho nitro benzene ring substituents is 1. The maximum Gasteiger partial charge on any atom is 0.270 e. The lowest BCUT2D eigenvalue weighted by molar-refractivity contribution is -0.384. The van der Waals surface area contributed by atoms with Gasteiger partial charge < -0.3 is 5.11 Å². The summed E-state index contributed by atoms with van der Waals surface area (Å²) >= 11 is 1.14. The average molecular weight is 322 g/mol. The van der Waals surface area contributed by atoms with Crippen LogP contribution < -0.4 is 5.43 Å². The zero-order chi connectivity index (χ0) is 15.9. The van der Waals surface area contributed by atoms with Gasteiger partial charge in [-0.3, -0.25) is 20.0 Å². The number of thioether (sulfide) groups is 1. The van der Waals surface area contributed by atoms with E-state index in [1.807, 2.05) is 0 Å². The topological polar surface area (TPSA) is 146 Å². The molecule has 1 aromatic carbocycles. The number of aromatic hydroxyl groups is 1. The Morgan fingerprint density at radius 2 is 2.41 bits per heavy atom. The van der Waals surface area contributed by atoms with E-state index in [9.17, 15) is 20.0 Å². The molecule has 2 rings (SSSR count). The maximum absolute atomic E-state index is 11.5. The zero-order valence-electron chi connectivity index (χ0n) is 11.0. The Bertz CT molecular complexity index is 703. The summed E-state index contributed by atoms with van der Waals surface area (Å²) in [6, 6.07) is 3.49. The van der Waals surface area contributed by atoms with Gasteiger partial charge in [-0.15, -0.1) is 0 Å². The molecule has 0 atom stereocenters. The second-order valence-electron chi connectivity index (χ2n) is 3.87. The zero-order valence-corrected chi connectivity index (χ0v) is 11.8. The minimum Gasteiger partial charge on any atom is -0.507 e. The third-order valence-electron chi connectivity index (χ3n) is 2.35. The fourth-order valence-corrected chi connectivity index (χ4v) is 1.93. The van der Waals surface area contributed by atoms with E-state index < -0.39 is 10.8 Å². The molecule has 114 valence electrons. The predicted octanol–water partition coefficient (Wildman–Crippen LogP) is 0.661. The molecule has 10 nitrogen and oxygen atoms in total. The van der Waals surface area contributed by atoms with Crippen molar-refractivity contribution in [2.24, 2.45) is 5.10 Å². The number of nitrogens with zero attached hydrogens (tertiary/aromatic N) is 4. The molecule has 0 aliphatic rings. The summed E-state index contributed by atoms with van der Waals surface area (Å²) in [6.07, 6.45) is 2.45. The van der Waals surface area contributed by atoms with E-state index >= 15 is 0 Å². The number of aromatic nitrogens is 3. The van der Waals surface area contributed by atoms with Crippen LogP contribution in [0.4, 0.5) is 5.69 Å². The lowest BCUT2D eigenvalue weighted by Gasteiger charge is -2.00. The Morgan fingerprint density at radius 1 is 1.59 bits per heavy atom. The Kier molecular flexibility index (Phi) is 5.03. The van der Waals surface area contributed by atoms with Gasteiger partial charge in [-0.05, 0) is 6.07 Å². The van der Waals surface area contributed by atoms with Crippen LogP contribution in [0.2, 0.25) is 0 Å². The van der Waals surface area contributed by atoms with Crippen molar-refractivity contribution >= 4 is 29.6 Å². The number of hydrogen-bond donors (Lipinski definition) is 3. The highest BCUT2D eigenvalue weighted by Gasteiger charge is 2.09. The third-order valence-corrected chi connectivity index (χ3v) is 3.22.